The number of rotatable bonds is 4. The molecule has 0 aliphatic carbocycles. The first-order valence-electron chi connectivity index (χ1n) is 9.74. The van der Waals surface area contributed by atoms with Gasteiger partial charge in [0.05, 0.1) is 22.8 Å². The van der Waals surface area contributed by atoms with Crippen molar-refractivity contribution in [1.82, 2.24) is 14.5 Å². The topological polar surface area (TPSA) is 70.1 Å². The Morgan fingerprint density at radius 1 is 1.10 bits per heavy atom. The second-order valence-electron chi connectivity index (χ2n) is 7.47. The largest absolute Gasteiger partial charge is 0.326 e. The summed E-state index contributed by atoms with van der Waals surface area (Å²) in [7, 11) is 0. The molecule has 1 aliphatic rings. The van der Waals surface area contributed by atoms with E-state index in [2.05, 4.69) is 10.3 Å². The van der Waals surface area contributed by atoms with Crippen LogP contribution in [0, 0.1) is 17.5 Å². The van der Waals surface area contributed by atoms with Crippen molar-refractivity contribution < 1.29 is 18.0 Å². The highest BCUT2D eigenvalue weighted by Crippen LogP contribution is 2.26. The van der Waals surface area contributed by atoms with Gasteiger partial charge in [0.15, 0.2) is 17.5 Å². The van der Waals surface area contributed by atoms with Crippen molar-refractivity contribution in [2.24, 2.45) is 0 Å². The molecule has 1 atom stereocenters. The number of nitrogens with zero attached hydrogens (tertiary/aromatic N) is 2. The van der Waals surface area contributed by atoms with E-state index < -0.39 is 35.1 Å². The van der Waals surface area contributed by atoms with Crippen molar-refractivity contribution in [3.05, 3.63) is 64.3 Å². The smallest absolute Gasteiger partial charge is 0.322 e. The Labute approximate surface area is 170 Å². The zero-order valence-corrected chi connectivity index (χ0v) is 16.3. The number of aromatic amines is 1. The number of likely N-dealkylation sites (tertiary alicyclic amines) is 1. The Morgan fingerprint density at radius 2 is 1.80 bits per heavy atom. The lowest BCUT2D eigenvalue weighted by Gasteiger charge is -2.35. The van der Waals surface area contributed by atoms with Crippen LogP contribution in [0.5, 0.6) is 0 Å². The van der Waals surface area contributed by atoms with Gasteiger partial charge in [0.1, 0.15) is 0 Å². The Kier molecular flexibility index (Phi) is 5.38. The number of H-pyrrole nitrogens is 1. The van der Waals surface area contributed by atoms with Crippen LogP contribution in [0.1, 0.15) is 25.8 Å². The fourth-order valence-corrected chi connectivity index (χ4v) is 3.99. The van der Waals surface area contributed by atoms with Gasteiger partial charge in [-0.15, -0.1) is 0 Å². The van der Waals surface area contributed by atoms with E-state index in [1.165, 1.54) is 0 Å². The zero-order valence-electron chi connectivity index (χ0n) is 16.3. The number of hydrogen-bond donors (Lipinski definition) is 2. The number of para-hydroxylation sites is 2. The molecule has 0 spiro atoms. The van der Waals surface area contributed by atoms with Gasteiger partial charge in [0.2, 0.25) is 5.91 Å². The highest BCUT2D eigenvalue weighted by atomic mass is 19.2. The lowest BCUT2D eigenvalue weighted by atomic mass is 10.0. The van der Waals surface area contributed by atoms with E-state index in [-0.39, 0.29) is 11.7 Å². The van der Waals surface area contributed by atoms with Gasteiger partial charge in [-0.25, -0.2) is 18.0 Å². The lowest BCUT2D eigenvalue weighted by molar-refractivity contribution is -0.121. The third-order valence-electron chi connectivity index (χ3n) is 5.71. The summed E-state index contributed by atoms with van der Waals surface area (Å²) in [5.41, 5.74) is 1.08. The number of aromatic nitrogens is 2. The van der Waals surface area contributed by atoms with Crippen LogP contribution in [0.15, 0.2) is 41.2 Å². The van der Waals surface area contributed by atoms with Crippen molar-refractivity contribution in [3.8, 4) is 0 Å². The monoisotopic (exact) mass is 418 g/mol. The average Bonchev–Trinajstić information content (AvgIpc) is 3.09. The number of carbonyl (C=O) groups excluding carboxylic acids is 1. The molecule has 4 rings (SSSR count). The molecule has 9 heteroatoms. The second-order valence-corrected chi connectivity index (χ2v) is 7.47. The molecule has 2 heterocycles. The molecular formula is C21H21F3N4O2. The number of piperidine rings is 1. The van der Waals surface area contributed by atoms with Crippen molar-refractivity contribution >= 4 is 22.6 Å². The average molecular weight is 418 g/mol. The maximum atomic E-state index is 13.8. The van der Waals surface area contributed by atoms with E-state index in [9.17, 15) is 22.8 Å². The van der Waals surface area contributed by atoms with Gasteiger partial charge in [0.25, 0.3) is 0 Å². The molecule has 2 aromatic carbocycles. The van der Waals surface area contributed by atoms with Crippen LogP contribution >= 0.6 is 0 Å². The molecule has 30 heavy (non-hydrogen) atoms. The van der Waals surface area contributed by atoms with E-state index in [0.29, 0.717) is 25.9 Å². The van der Waals surface area contributed by atoms with Gasteiger partial charge in [-0.1, -0.05) is 12.1 Å². The van der Waals surface area contributed by atoms with Crippen LogP contribution in [0.2, 0.25) is 0 Å². The normalized spacial score (nSPS) is 16.7. The molecule has 0 saturated carbocycles. The number of fused-ring (bicyclic) bond motifs is 1. The van der Waals surface area contributed by atoms with Crippen molar-refractivity contribution in [2.45, 2.75) is 31.8 Å². The maximum absolute atomic E-state index is 13.8. The number of halogens is 3. The summed E-state index contributed by atoms with van der Waals surface area (Å²) in [6.07, 6.45) is 1.33. The van der Waals surface area contributed by atoms with E-state index in [4.69, 9.17) is 0 Å². The van der Waals surface area contributed by atoms with Crippen molar-refractivity contribution in [2.75, 3.05) is 18.4 Å². The predicted octanol–water partition coefficient (Wildman–Crippen LogP) is 3.41. The molecule has 1 aromatic heterocycles. The lowest BCUT2D eigenvalue weighted by Crippen LogP contribution is -2.47. The summed E-state index contributed by atoms with van der Waals surface area (Å²) in [5, 5.41) is 2.32. The first-order valence-corrected chi connectivity index (χ1v) is 9.74. The van der Waals surface area contributed by atoms with Crippen LogP contribution in [-0.2, 0) is 4.79 Å². The molecule has 2 N–H and O–H groups in total. The third kappa shape index (κ3) is 3.60. The van der Waals surface area contributed by atoms with Crippen LogP contribution in [0.3, 0.4) is 0 Å². The van der Waals surface area contributed by atoms with Crippen LogP contribution < -0.4 is 11.0 Å². The van der Waals surface area contributed by atoms with Gasteiger partial charge >= 0.3 is 5.69 Å². The third-order valence-corrected chi connectivity index (χ3v) is 5.71. The van der Waals surface area contributed by atoms with E-state index in [0.717, 1.165) is 23.2 Å². The van der Waals surface area contributed by atoms with Gasteiger partial charge in [-0.2, -0.15) is 0 Å². The number of amides is 1. The Morgan fingerprint density at radius 3 is 2.53 bits per heavy atom. The van der Waals surface area contributed by atoms with Gasteiger partial charge < -0.3 is 10.3 Å². The molecule has 6 nitrogen and oxygen atoms in total. The minimum Gasteiger partial charge on any atom is -0.322 e. The van der Waals surface area contributed by atoms with E-state index >= 15 is 0 Å². The fourth-order valence-electron chi connectivity index (χ4n) is 3.99. The summed E-state index contributed by atoms with van der Waals surface area (Å²) in [4.78, 5) is 29.7. The molecular weight excluding hydrogens is 397 g/mol. The molecule has 158 valence electrons. The molecule has 3 aromatic rings. The van der Waals surface area contributed by atoms with E-state index in [1.54, 1.807) is 11.5 Å². The summed E-state index contributed by atoms with van der Waals surface area (Å²) >= 11 is 0. The van der Waals surface area contributed by atoms with E-state index in [1.807, 2.05) is 29.2 Å². The minimum absolute atomic E-state index is 0.00352. The molecule has 0 bridgehead atoms. The summed E-state index contributed by atoms with van der Waals surface area (Å²) in [5.74, 6) is -4.87. The first-order chi connectivity index (χ1) is 14.4. The summed E-state index contributed by atoms with van der Waals surface area (Å²) in [6.45, 7) is 2.79. The first kappa shape index (κ1) is 20.2. The second kappa shape index (κ2) is 7.98. The molecule has 1 fully saturated rings. The minimum atomic E-state index is -1.62. The molecule has 1 unspecified atom stereocenters. The number of carbonyl (C=O) groups is 1. The quantitative estimate of drug-likeness (QED) is 0.638. The predicted molar refractivity (Wildman–Crippen MR) is 107 cm³/mol. The molecule has 1 saturated heterocycles. The number of anilines is 1. The molecule has 0 radical (unpaired) electrons. The highest BCUT2D eigenvalue weighted by molar-refractivity contribution is 5.94. The fraction of sp³-hybridized carbons (Fsp3) is 0.333. The Hall–Kier alpha value is -3.07. The SMILES string of the molecule is CC(C(=O)Nc1ccc(F)c(F)c1F)N1CCC(n2c(=O)[nH]c3ccccc32)CC1. The van der Waals surface area contributed by atoms with Crippen molar-refractivity contribution in [3.63, 3.8) is 0 Å². The van der Waals surface area contributed by atoms with Crippen LogP contribution in [-0.4, -0.2) is 39.5 Å². The molecule has 1 aliphatic heterocycles. The maximum Gasteiger partial charge on any atom is 0.326 e. The summed E-state index contributed by atoms with van der Waals surface area (Å²) in [6, 6.07) is 8.66. The Balaban J connectivity index is 1.42. The Bertz CT molecular complexity index is 1150. The zero-order chi connectivity index (χ0) is 21.4. The van der Waals surface area contributed by atoms with Gasteiger partial charge in [-0.3, -0.25) is 14.3 Å². The molecule has 1 amide bonds. The van der Waals surface area contributed by atoms with Gasteiger partial charge in [0, 0.05) is 19.1 Å². The standard InChI is InChI=1S/C21H21F3N4O2/c1-12(20(29)25-16-7-6-14(22)18(23)19(16)24)27-10-8-13(9-11-27)28-17-5-3-2-4-15(17)26-21(28)30/h2-7,12-13H,8-11H2,1H3,(H,25,29)(H,26,30). The van der Waals surface area contributed by atoms with Gasteiger partial charge in [-0.05, 0) is 44.0 Å². The highest BCUT2D eigenvalue weighted by Gasteiger charge is 2.29. The van der Waals surface area contributed by atoms with Crippen LogP contribution in [0.25, 0.3) is 11.0 Å². The van der Waals surface area contributed by atoms with Crippen molar-refractivity contribution in [1.29, 1.82) is 0 Å². The number of hydrogen-bond acceptors (Lipinski definition) is 3. The van der Waals surface area contributed by atoms with Crippen LogP contribution in [0.4, 0.5) is 18.9 Å². The summed E-state index contributed by atoms with van der Waals surface area (Å²) < 4.78 is 42.0. The number of imidazole rings is 1. The number of benzene rings is 2. The number of nitrogens with one attached hydrogen (secondary N) is 2.